The highest BCUT2D eigenvalue weighted by Crippen LogP contribution is 2.15. The third-order valence-corrected chi connectivity index (χ3v) is 3.07. The van der Waals surface area contributed by atoms with Crippen LogP contribution in [-0.4, -0.2) is 30.4 Å². The number of carbonyl (C=O) groups is 1. The summed E-state index contributed by atoms with van der Waals surface area (Å²) < 4.78 is 1.83. The maximum Gasteiger partial charge on any atom is 0.251 e. The van der Waals surface area contributed by atoms with Crippen LogP contribution in [0.15, 0.2) is 49.6 Å². The summed E-state index contributed by atoms with van der Waals surface area (Å²) in [6, 6.07) is 3.38. The normalized spacial score (nSPS) is 10.4. The van der Waals surface area contributed by atoms with E-state index in [0.717, 1.165) is 11.3 Å². The first-order valence-corrected chi connectivity index (χ1v) is 6.69. The van der Waals surface area contributed by atoms with Crippen LogP contribution in [0.3, 0.4) is 0 Å². The molecule has 3 heterocycles. The van der Waals surface area contributed by atoms with Crippen molar-refractivity contribution in [1.82, 2.24) is 29.8 Å². The molecular weight excluding hydrogens is 280 g/mol. The summed E-state index contributed by atoms with van der Waals surface area (Å²) >= 11 is 0. The molecular formula is C15H14N6O. The highest BCUT2D eigenvalue weighted by molar-refractivity contribution is 5.94. The Labute approximate surface area is 127 Å². The van der Waals surface area contributed by atoms with Crippen molar-refractivity contribution in [3.8, 4) is 11.3 Å². The van der Waals surface area contributed by atoms with Gasteiger partial charge in [-0.15, -0.1) is 0 Å². The van der Waals surface area contributed by atoms with E-state index in [4.69, 9.17) is 0 Å². The lowest BCUT2D eigenvalue weighted by molar-refractivity contribution is 0.0950. The highest BCUT2D eigenvalue weighted by Gasteiger charge is 2.09. The second kappa shape index (κ2) is 6.13. The molecule has 110 valence electrons. The van der Waals surface area contributed by atoms with Gasteiger partial charge in [0.15, 0.2) is 0 Å². The van der Waals surface area contributed by atoms with Crippen molar-refractivity contribution in [2.24, 2.45) is 7.05 Å². The molecule has 0 spiro atoms. The quantitative estimate of drug-likeness (QED) is 0.781. The number of aryl methyl sites for hydroxylation is 1. The summed E-state index contributed by atoms with van der Waals surface area (Å²) in [5.74, 6) is -0.175. The van der Waals surface area contributed by atoms with Crippen LogP contribution in [0.25, 0.3) is 11.3 Å². The average Bonchev–Trinajstić information content (AvgIpc) is 2.99. The van der Waals surface area contributed by atoms with E-state index in [1.165, 1.54) is 6.33 Å². The maximum atomic E-state index is 12.2. The van der Waals surface area contributed by atoms with Crippen molar-refractivity contribution in [3.63, 3.8) is 0 Å². The fraction of sp³-hybridized carbons (Fsp3) is 0.133. The van der Waals surface area contributed by atoms with E-state index in [1.807, 2.05) is 17.8 Å². The largest absolute Gasteiger partial charge is 0.346 e. The monoisotopic (exact) mass is 294 g/mol. The van der Waals surface area contributed by atoms with E-state index in [-0.39, 0.29) is 5.91 Å². The summed E-state index contributed by atoms with van der Waals surface area (Å²) in [5, 5.41) is 2.83. The van der Waals surface area contributed by atoms with Crippen molar-refractivity contribution in [2.75, 3.05) is 0 Å². The van der Waals surface area contributed by atoms with Gasteiger partial charge >= 0.3 is 0 Å². The fourth-order valence-corrected chi connectivity index (χ4v) is 1.99. The molecule has 0 radical (unpaired) electrons. The minimum absolute atomic E-state index is 0.175. The van der Waals surface area contributed by atoms with Gasteiger partial charge in [-0.2, -0.15) is 0 Å². The van der Waals surface area contributed by atoms with Crippen molar-refractivity contribution in [2.45, 2.75) is 6.54 Å². The Bertz CT molecular complexity index is 783. The van der Waals surface area contributed by atoms with Crippen LogP contribution in [0.4, 0.5) is 0 Å². The molecule has 0 saturated heterocycles. The summed E-state index contributed by atoms with van der Waals surface area (Å²) in [6.07, 6.45) is 9.92. The first-order valence-electron chi connectivity index (χ1n) is 6.69. The number of imidazole rings is 1. The molecule has 0 fully saturated rings. The molecule has 0 aliphatic rings. The van der Waals surface area contributed by atoms with Gasteiger partial charge in [-0.05, 0) is 12.1 Å². The van der Waals surface area contributed by atoms with Gasteiger partial charge in [0.05, 0.1) is 24.3 Å². The molecule has 7 heteroatoms. The predicted octanol–water partition coefficient (Wildman–Crippen LogP) is 1.20. The Morgan fingerprint density at radius 2 is 2.09 bits per heavy atom. The van der Waals surface area contributed by atoms with E-state index in [0.29, 0.717) is 17.8 Å². The molecule has 0 unspecified atom stereocenters. The molecule has 7 nitrogen and oxygen atoms in total. The number of nitrogens with one attached hydrogen (secondary N) is 1. The standard InChI is InChI=1S/C15H14N6O/c1-21-8-13(20-10-21)7-19-15(22)11-2-3-18-14(4-11)12-5-16-9-17-6-12/h2-6,8-10H,7H2,1H3,(H,19,22). The van der Waals surface area contributed by atoms with Gasteiger partial charge in [0.25, 0.3) is 5.91 Å². The van der Waals surface area contributed by atoms with Gasteiger partial charge in [0.1, 0.15) is 6.33 Å². The minimum Gasteiger partial charge on any atom is -0.346 e. The van der Waals surface area contributed by atoms with Crippen LogP contribution < -0.4 is 5.32 Å². The Hall–Kier alpha value is -3.09. The first kappa shape index (κ1) is 13.9. The van der Waals surface area contributed by atoms with Crippen LogP contribution in [0.2, 0.25) is 0 Å². The number of pyridine rings is 1. The Morgan fingerprint density at radius 3 is 2.82 bits per heavy atom. The van der Waals surface area contributed by atoms with Crippen molar-refractivity contribution in [1.29, 1.82) is 0 Å². The van der Waals surface area contributed by atoms with Gasteiger partial charge < -0.3 is 9.88 Å². The molecule has 0 atom stereocenters. The van der Waals surface area contributed by atoms with Gasteiger partial charge in [0.2, 0.25) is 0 Å². The van der Waals surface area contributed by atoms with E-state index in [1.54, 1.807) is 37.1 Å². The molecule has 22 heavy (non-hydrogen) atoms. The van der Waals surface area contributed by atoms with Crippen molar-refractivity contribution < 1.29 is 4.79 Å². The molecule has 3 aromatic heterocycles. The van der Waals surface area contributed by atoms with Gasteiger partial charge in [-0.25, -0.2) is 15.0 Å². The molecule has 3 rings (SSSR count). The summed E-state index contributed by atoms with van der Waals surface area (Å²) in [7, 11) is 1.88. The van der Waals surface area contributed by atoms with Gasteiger partial charge in [-0.3, -0.25) is 9.78 Å². The number of aromatic nitrogens is 5. The SMILES string of the molecule is Cn1cnc(CNC(=O)c2ccnc(-c3cncnc3)c2)c1. The lowest BCUT2D eigenvalue weighted by Crippen LogP contribution is -2.23. The summed E-state index contributed by atoms with van der Waals surface area (Å²) in [4.78, 5) is 28.5. The number of rotatable bonds is 4. The van der Waals surface area contributed by atoms with E-state index in [2.05, 4.69) is 25.3 Å². The number of hydrogen-bond donors (Lipinski definition) is 1. The second-order valence-electron chi connectivity index (χ2n) is 4.77. The molecule has 1 N–H and O–H groups in total. The van der Waals surface area contributed by atoms with Crippen molar-refractivity contribution >= 4 is 5.91 Å². The Kier molecular flexibility index (Phi) is 3.86. The number of nitrogens with zero attached hydrogens (tertiary/aromatic N) is 5. The fourth-order valence-electron chi connectivity index (χ4n) is 1.99. The smallest absolute Gasteiger partial charge is 0.251 e. The topological polar surface area (TPSA) is 85.6 Å². The molecule has 0 aliphatic heterocycles. The third kappa shape index (κ3) is 3.14. The minimum atomic E-state index is -0.175. The van der Waals surface area contributed by atoms with Crippen LogP contribution in [-0.2, 0) is 13.6 Å². The number of hydrogen-bond acceptors (Lipinski definition) is 5. The Morgan fingerprint density at radius 1 is 1.27 bits per heavy atom. The zero-order valence-electron chi connectivity index (χ0n) is 12.0. The summed E-state index contributed by atoms with van der Waals surface area (Å²) in [6.45, 7) is 0.381. The second-order valence-corrected chi connectivity index (χ2v) is 4.77. The lowest BCUT2D eigenvalue weighted by atomic mass is 10.1. The number of amides is 1. The average molecular weight is 294 g/mol. The maximum absolute atomic E-state index is 12.2. The Balaban J connectivity index is 1.73. The first-order chi connectivity index (χ1) is 10.7. The number of carbonyl (C=O) groups excluding carboxylic acids is 1. The molecule has 0 bridgehead atoms. The molecule has 0 saturated carbocycles. The van der Waals surface area contributed by atoms with Crippen LogP contribution >= 0.6 is 0 Å². The molecule has 3 aromatic rings. The van der Waals surface area contributed by atoms with Crippen LogP contribution in [0.1, 0.15) is 16.1 Å². The highest BCUT2D eigenvalue weighted by atomic mass is 16.1. The van der Waals surface area contributed by atoms with E-state index < -0.39 is 0 Å². The molecule has 1 amide bonds. The lowest BCUT2D eigenvalue weighted by Gasteiger charge is -2.05. The van der Waals surface area contributed by atoms with Gasteiger partial charge in [-0.1, -0.05) is 0 Å². The van der Waals surface area contributed by atoms with Crippen LogP contribution in [0.5, 0.6) is 0 Å². The molecule has 0 aromatic carbocycles. The van der Waals surface area contributed by atoms with Gasteiger partial charge in [0, 0.05) is 43.0 Å². The zero-order chi connectivity index (χ0) is 15.4. The molecule has 0 aliphatic carbocycles. The van der Waals surface area contributed by atoms with E-state index in [9.17, 15) is 4.79 Å². The van der Waals surface area contributed by atoms with E-state index >= 15 is 0 Å². The van der Waals surface area contributed by atoms with Crippen molar-refractivity contribution in [3.05, 3.63) is 60.8 Å². The predicted molar refractivity (Wildman–Crippen MR) is 79.6 cm³/mol. The zero-order valence-corrected chi connectivity index (χ0v) is 12.0. The van der Waals surface area contributed by atoms with Crippen LogP contribution in [0, 0.1) is 0 Å². The summed E-state index contributed by atoms with van der Waals surface area (Å²) in [5.41, 5.74) is 2.76. The third-order valence-electron chi connectivity index (χ3n) is 3.07.